The Morgan fingerprint density at radius 1 is 1.38 bits per heavy atom. The lowest BCUT2D eigenvalue weighted by Gasteiger charge is -2.20. The number of hydrazone groups is 1. The molecule has 4 heteroatoms. The van der Waals surface area contributed by atoms with Crippen LogP contribution in [0, 0.1) is 0 Å². The van der Waals surface area contributed by atoms with Gasteiger partial charge >= 0.3 is 0 Å². The van der Waals surface area contributed by atoms with Gasteiger partial charge in [-0.1, -0.05) is 6.07 Å². The molecule has 1 fully saturated rings. The number of ether oxygens (including phenoxy) is 1. The number of anilines is 1. The van der Waals surface area contributed by atoms with Gasteiger partial charge in [-0.3, -0.25) is 0 Å². The van der Waals surface area contributed by atoms with Gasteiger partial charge in [0, 0.05) is 13.1 Å². The van der Waals surface area contributed by atoms with Crippen LogP contribution in [-0.4, -0.2) is 26.4 Å². The second-order valence-electron chi connectivity index (χ2n) is 3.90. The zero-order valence-electron chi connectivity index (χ0n) is 9.52. The minimum absolute atomic E-state index is 0.888. The van der Waals surface area contributed by atoms with Crippen molar-refractivity contribution >= 4 is 11.9 Å². The molecule has 0 bridgehead atoms. The highest BCUT2D eigenvalue weighted by Gasteiger charge is 2.16. The Morgan fingerprint density at radius 2 is 2.12 bits per heavy atom. The van der Waals surface area contributed by atoms with Crippen LogP contribution in [0.1, 0.15) is 18.4 Å². The van der Waals surface area contributed by atoms with E-state index in [1.807, 2.05) is 12.1 Å². The summed E-state index contributed by atoms with van der Waals surface area (Å²) in [6, 6.07) is 6.04. The van der Waals surface area contributed by atoms with Gasteiger partial charge in [-0.2, -0.15) is 5.10 Å². The lowest BCUT2D eigenvalue weighted by molar-refractivity contribution is 0.415. The van der Waals surface area contributed by atoms with E-state index >= 15 is 0 Å². The summed E-state index contributed by atoms with van der Waals surface area (Å²) >= 11 is 0. The third kappa shape index (κ3) is 2.10. The third-order valence-electron chi connectivity index (χ3n) is 2.87. The molecular weight excluding hydrogens is 202 g/mol. The molecule has 86 valence electrons. The number of nitrogens with two attached hydrogens (primary N) is 1. The number of rotatable bonds is 3. The molecule has 1 aliphatic rings. The average Bonchev–Trinajstić information content (AvgIpc) is 2.83. The summed E-state index contributed by atoms with van der Waals surface area (Å²) in [4.78, 5) is 2.35. The Morgan fingerprint density at radius 3 is 2.75 bits per heavy atom. The van der Waals surface area contributed by atoms with Crippen LogP contribution in [0.2, 0.25) is 0 Å². The Hall–Kier alpha value is -1.71. The summed E-state index contributed by atoms with van der Waals surface area (Å²) in [7, 11) is 1.69. The lowest BCUT2D eigenvalue weighted by atomic mass is 10.2. The maximum Gasteiger partial charge on any atom is 0.142 e. The van der Waals surface area contributed by atoms with Crippen LogP contribution in [0.25, 0.3) is 0 Å². The van der Waals surface area contributed by atoms with E-state index < -0.39 is 0 Å². The first-order valence-electron chi connectivity index (χ1n) is 5.51. The normalized spacial score (nSPS) is 15.9. The molecule has 0 aliphatic carbocycles. The maximum absolute atomic E-state index is 5.40. The lowest BCUT2D eigenvalue weighted by Crippen LogP contribution is -2.18. The average molecular weight is 219 g/mol. The first-order valence-corrected chi connectivity index (χ1v) is 5.51. The van der Waals surface area contributed by atoms with Crippen molar-refractivity contribution in [1.29, 1.82) is 0 Å². The molecule has 0 amide bonds. The number of methoxy groups -OCH3 is 1. The molecule has 1 heterocycles. The quantitative estimate of drug-likeness (QED) is 0.477. The van der Waals surface area contributed by atoms with Gasteiger partial charge in [0.2, 0.25) is 0 Å². The van der Waals surface area contributed by atoms with Crippen molar-refractivity contribution in [2.45, 2.75) is 12.8 Å². The number of hydrogen-bond donors (Lipinski definition) is 1. The Bertz CT molecular complexity index is 384. The molecule has 4 nitrogen and oxygen atoms in total. The number of hydrogen-bond acceptors (Lipinski definition) is 4. The summed E-state index contributed by atoms with van der Waals surface area (Å²) in [5.41, 5.74) is 2.12. The molecule has 1 saturated heterocycles. The molecular formula is C12H17N3O. The van der Waals surface area contributed by atoms with Crippen molar-refractivity contribution in [3.05, 3.63) is 23.8 Å². The van der Waals surface area contributed by atoms with Crippen LogP contribution in [0.5, 0.6) is 5.75 Å². The van der Waals surface area contributed by atoms with E-state index in [9.17, 15) is 0 Å². The zero-order valence-corrected chi connectivity index (χ0v) is 9.52. The van der Waals surface area contributed by atoms with Gasteiger partial charge in [-0.05, 0) is 30.5 Å². The van der Waals surface area contributed by atoms with Crippen molar-refractivity contribution in [3.63, 3.8) is 0 Å². The maximum atomic E-state index is 5.40. The SMILES string of the molecule is COc1cc(C=NN)ccc1N1CCCC1. The number of nitrogens with zero attached hydrogens (tertiary/aromatic N) is 2. The van der Waals surface area contributed by atoms with Crippen LogP contribution in [0.3, 0.4) is 0 Å². The molecule has 2 rings (SSSR count). The minimum Gasteiger partial charge on any atom is -0.495 e. The van der Waals surface area contributed by atoms with Gasteiger partial charge in [0.15, 0.2) is 0 Å². The largest absolute Gasteiger partial charge is 0.495 e. The first-order chi connectivity index (χ1) is 7.85. The smallest absolute Gasteiger partial charge is 0.142 e. The van der Waals surface area contributed by atoms with Gasteiger partial charge < -0.3 is 15.5 Å². The third-order valence-corrected chi connectivity index (χ3v) is 2.87. The Kier molecular flexibility index (Phi) is 3.29. The van der Waals surface area contributed by atoms with Crippen LogP contribution in [0.15, 0.2) is 23.3 Å². The van der Waals surface area contributed by atoms with Crippen LogP contribution >= 0.6 is 0 Å². The van der Waals surface area contributed by atoms with Crippen LogP contribution in [-0.2, 0) is 0 Å². The summed E-state index contributed by atoms with van der Waals surface area (Å²) < 4.78 is 5.40. The molecule has 0 atom stereocenters. The molecule has 1 aromatic rings. The van der Waals surface area contributed by atoms with Crippen molar-refractivity contribution in [2.75, 3.05) is 25.1 Å². The standard InChI is InChI=1S/C12H17N3O/c1-16-12-8-10(9-14-13)4-5-11(12)15-6-2-3-7-15/h4-5,8-9H,2-3,6-7,13H2,1H3. The van der Waals surface area contributed by atoms with Gasteiger partial charge in [-0.25, -0.2) is 0 Å². The van der Waals surface area contributed by atoms with Crippen molar-refractivity contribution < 1.29 is 4.74 Å². The first kappa shape index (κ1) is 10.8. The molecule has 1 aliphatic heterocycles. The van der Waals surface area contributed by atoms with Gasteiger partial charge in [0.25, 0.3) is 0 Å². The topological polar surface area (TPSA) is 50.9 Å². The van der Waals surface area contributed by atoms with Crippen molar-refractivity contribution in [2.24, 2.45) is 10.9 Å². The molecule has 2 N–H and O–H groups in total. The van der Waals surface area contributed by atoms with Gasteiger partial charge in [-0.15, -0.1) is 0 Å². The van der Waals surface area contributed by atoms with Crippen molar-refractivity contribution in [1.82, 2.24) is 0 Å². The molecule has 0 saturated carbocycles. The summed E-state index contributed by atoms with van der Waals surface area (Å²) in [5, 5.41) is 3.51. The molecule has 0 aromatic heterocycles. The summed E-state index contributed by atoms with van der Waals surface area (Å²) in [6.07, 6.45) is 4.14. The highest BCUT2D eigenvalue weighted by molar-refractivity contribution is 5.82. The van der Waals surface area contributed by atoms with Crippen molar-refractivity contribution in [3.8, 4) is 5.75 Å². The monoisotopic (exact) mass is 219 g/mol. The molecule has 16 heavy (non-hydrogen) atoms. The zero-order chi connectivity index (χ0) is 11.4. The van der Waals surface area contributed by atoms with E-state index in [0.717, 1.165) is 30.1 Å². The van der Waals surface area contributed by atoms with E-state index in [0.29, 0.717) is 0 Å². The van der Waals surface area contributed by atoms with Gasteiger partial charge in [0.1, 0.15) is 5.75 Å². The molecule has 1 aromatic carbocycles. The van der Waals surface area contributed by atoms with E-state index in [1.54, 1.807) is 13.3 Å². The fourth-order valence-electron chi connectivity index (χ4n) is 2.08. The van der Waals surface area contributed by atoms with E-state index in [-0.39, 0.29) is 0 Å². The minimum atomic E-state index is 0.888. The van der Waals surface area contributed by atoms with E-state index in [4.69, 9.17) is 10.6 Å². The van der Waals surface area contributed by atoms with Crippen LogP contribution < -0.4 is 15.5 Å². The Labute approximate surface area is 95.7 Å². The molecule has 0 spiro atoms. The second kappa shape index (κ2) is 4.88. The fourth-order valence-corrected chi connectivity index (χ4v) is 2.08. The summed E-state index contributed by atoms with van der Waals surface area (Å²) in [5.74, 6) is 6.02. The molecule has 0 unspecified atom stereocenters. The number of benzene rings is 1. The second-order valence-corrected chi connectivity index (χ2v) is 3.90. The predicted molar refractivity (Wildman–Crippen MR) is 66.2 cm³/mol. The summed E-state index contributed by atoms with van der Waals surface area (Å²) in [6.45, 7) is 2.22. The Balaban J connectivity index is 2.30. The highest BCUT2D eigenvalue weighted by Crippen LogP contribution is 2.31. The van der Waals surface area contributed by atoms with E-state index in [1.165, 1.54) is 12.8 Å². The van der Waals surface area contributed by atoms with Gasteiger partial charge in [0.05, 0.1) is 19.0 Å². The highest BCUT2D eigenvalue weighted by atomic mass is 16.5. The predicted octanol–water partition coefficient (Wildman–Crippen LogP) is 1.59. The molecule has 0 radical (unpaired) electrons. The van der Waals surface area contributed by atoms with E-state index in [2.05, 4.69) is 16.1 Å². The fraction of sp³-hybridized carbons (Fsp3) is 0.417. The van der Waals surface area contributed by atoms with Crippen LogP contribution in [0.4, 0.5) is 5.69 Å².